The van der Waals surface area contributed by atoms with Gasteiger partial charge in [-0.25, -0.2) is 4.79 Å². The van der Waals surface area contributed by atoms with Gasteiger partial charge in [-0.05, 0) is 19.1 Å². The van der Waals surface area contributed by atoms with Crippen LogP contribution in [0.5, 0.6) is 0 Å². The summed E-state index contributed by atoms with van der Waals surface area (Å²) >= 11 is 0. The number of benzene rings is 1. The molecule has 0 unspecified atom stereocenters. The molecule has 0 aliphatic heterocycles. The summed E-state index contributed by atoms with van der Waals surface area (Å²) in [6, 6.07) is 6.33. The van der Waals surface area contributed by atoms with Crippen LogP contribution in [0.25, 0.3) is 0 Å². The molecule has 0 aromatic heterocycles. The summed E-state index contributed by atoms with van der Waals surface area (Å²) in [5.41, 5.74) is 0.348. The minimum absolute atomic E-state index is 0.116. The van der Waals surface area contributed by atoms with Crippen LogP contribution < -0.4 is 5.32 Å². The van der Waals surface area contributed by atoms with Gasteiger partial charge in [0.15, 0.2) is 0 Å². The summed E-state index contributed by atoms with van der Waals surface area (Å²) < 4.78 is 12.7. The van der Waals surface area contributed by atoms with Crippen LogP contribution in [0.2, 0.25) is 0 Å². The van der Waals surface area contributed by atoms with E-state index in [1.54, 1.807) is 37.3 Å². The molecule has 1 rings (SSSR count). The van der Waals surface area contributed by atoms with E-state index < -0.39 is 17.9 Å². The van der Waals surface area contributed by atoms with E-state index >= 15 is 0 Å². The molecule has 0 radical (unpaired) electrons. The van der Waals surface area contributed by atoms with Gasteiger partial charge in [0, 0.05) is 12.0 Å². The fourth-order valence-corrected chi connectivity index (χ4v) is 1.29. The van der Waals surface area contributed by atoms with Gasteiger partial charge in [0.25, 0.3) is 5.91 Å². The molecule has 1 aromatic rings. The third kappa shape index (κ3) is 3.95. The first-order valence-electron chi connectivity index (χ1n) is 6.01. The van der Waals surface area contributed by atoms with Crippen molar-refractivity contribution < 1.29 is 15.7 Å². The maximum absolute atomic E-state index is 11.9. The molecule has 94 valence electrons. The zero-order valence-corrected chi connectivity index (χ0v) is 10.1. The van der Waals surface area contributed by atoms with Crippen LogP contribution in [0.3, 0.4) is 0 Å². The van der Waals surface area contributed by atoms with Crippen LogP contribution in [-0.4, -0.2) is 24.5 Å². The van der Waals surface area contributed by atoms with E-state index in [1.165, 1.54) is 0 Å². The number of carbonyl (C=O) groups excluding carboxylic acids is 2. The van der Waals surface area contributed by atoms with Gasteiger partial charge in [0.1, 0.15) is 6.02 Å². The second kappa shape index (κ2) is 7.13. The van der Waals surface area contributed by atoms with E-state index in [-0.39, 0.29) is 13.0 Å². The molecule has 1 N–H and O–H groups in total. The molecule has 0 aliphatic rings. The van der Waals surface area contributed by atoms with Gasteiger partial charge in [0.2, 0.25) is 0 Å². The largest absolute Gasteiger partial charge is 0.464 e. The zero-order chi connectivity index (χ0) is 14.3. The Bertz CT molecular complexity index is 495. The standard InChI is InChI=1S/C14H15NO3/c1-3-8-12(14(17)18-4-2)15-13(16)11-9-6-5-7-10-11/h1,5-7,9-10,12H,4,8H2,2H3,(H,15,16)/t12-/m0/s1/i12D. The van der Waals surface area contributed by atoms with Crippen LogP contribution in [-0.2, 0) is 9.53 Å². The number of terminal acetylenes is 1. The molecule has 0 heterocycles. The number of hydrogen-bond donors (Lipinski definition) is 1. The van der Waals surface area contributed by atoms with Gasteiger partial charge in [-0.3, -0.25) is 4.79 Å². The maximum Gasteiger partial charge on any atom is 0.329 e. The van der Waals surface area contributed by atoms with Crippen LogP contribution >= 0.6 is 0 Å². The number of amides is 1. The van der Waals surface area contributed by atoms with Crippen LogP contribution in [0.4, 0.5) is 0 Å². The number of ether oxygens (including phenoxy) is 1. The molecule has 0 bridgehead atoms. The van der Waals surface area contributed by atoms with E-state index in [4.69, 9.17) is 12.5 Å². The molecule has 18 heavy (non-hydrogen) atoms. The number of hydrogen-bond acceptors (Lipinski definition) is 3. The molecule has 1 atom stereocenters. The van der Waals surface area contributed by atoms with Crippen molar-refractivity contribution in [1.82, 2.24) is 5.32 Å². The smallest absolute Gasteiger partial charge is 0.329 e. The van der Waals surface area contributed by atoms with Gasteiger partial charge >= 0.3 is 5.97 Å². The van der Waals surface area contributed by atoms with Gasteiger partial charge in [-0.2, -0.15) is 0 Å². The summed E-state index contributed by atoms with van der Waals surface area (Å²) in [5.74, 6) is 0.795. The van der Waals surface area contributed by atoms with Crippen LogP contribution in [0.15, 0.2) is 30.3 Å². The molecule has 0 fully saturated rings. The minimum Gasteiger partial charge on any atom is -0.464 e. The summed E-state index contributed by atoms with van der Waals surface area (Å²) in [4.78, 5) is 23.6. The van der Waals surface area contributed by atoms with Crippen molar-refractivity contribution in [2.75, 3.05) is 6.61 Å². The topological polar surface area (TPSA) is 55.4 Å². The third-order valence-corrected chi connectivity index (χ3v) is 2.10. The second-order valence-corrected chi connectivity index (χ2v) is 3.40. The molecule has 1 aromatic carbocycles. The number of carbonyl (C=O) groups is 2. The van der Waals surface area contributed by atoms with Crippen molar-refractivity contribution in [3.63, 3.8) is 0 Å². The lowest BCUT2D eigenvalue weighted by atomic mass is 10.1. The predicted octanol–water partition coefficient (Wildman–Crippen LogP) is 1.37. The summed E-state index contributed by atoms with van der Waals surface area (Å²) in [6.07, 6.45) is 4.87. The van der Waals surface area contributed by atoms with Crippen molar-refractivity contribution in [2.45, 2.75) is 19.4 Å². The maximum atomic E-state index is 11.9. The van der Waals surface area contributed by atoms with Crippen LogP contribution in [0, 0.1) is 12.3 Å². The average molecular weight is 246 g/mol. The highest BCUT2D eigenvalue weighted by molar-refractivity contribution is 5.96. The summed E-state index contributed by atoms with van der Waals surface area (Å²) in [5, 5.41) is 2.31. The van der Waals surface area contributed by atoms with Crippen molar-refractivity contribution in [1.29, 1.82) is 0 Å². The van der Waals surface area contributed by atoms with Gasteiger partial charge in [-0.1, -0.05) is 18.2 Å². The zero-order valence-electron chi connectivity index (χ0n) is 11.1. The van der Waals surface area contributed by atoms with Gasteiger partial charge < -0.3 is 10.1 Å². The highest BCUT2D eigenvalue weighted by atomic mass is 16.5. The van der Waals surface area contributed by atoms with Crippen LogP contribution in [0.1, 0.15) is 25.1 Å². The summed E-state index contributed by atoms with van der Waals surface area (Å²) in [6.45, 7) is 1.73. The van der Waals surface area contributed by atoms with Crippen molar-refractivity contribution in [3.8, 4) is 12.3 Å². The average Bonchev–Trinajstić information content (AvgIpc) is 2.40. The normalized spacial score (nSPS) is 13.7. The Balaban J connectivity index is 2.88. The van der Waals surface area contributed by atoms with Crippen molar-refractivity contribution in [3.05, 3.63) is 35.9 Å². The predicted molar refractivity (Wildman–Crippen MR) is 67.8 cm³/mol. The molecule has 0 aliphatic carbocycles. The van der Waals surface area contributed by atoms with E-state index in [9.17, 15) is 9.59 Å². The number of nitrogens with one attached hydrogen (secondary N) is 1. The van der Waals surface area contributed by atoms with Gasteiger partial charge in [0.05, 0.1) is 7.98 Å². The molecule has 4 heteroatoms. The fourth-order valence-electron chi connectivity index (χ4n) is 1.29. The fraction of sp³-hybridized carbons (Fsp3) is 0.286. The Morgan fingerprint density at radius 1 is 1.50 bits per heavy atom. The quantitative estimate of drug-likeness (QED) is 0.630. The summed E-state index contributed by atoms with van der Waals surface area (Å²) in [7, 11) is 0. The monoisotopic (exact) mass is 246 g/mol. The number of rotatable bonds is 5. The lowest BCUT2D eigenvalue weighted by Crippen LogP contribution is -2.41. The first kappa shape index (κ1) is 12.2. The van der Waals surface area contributed by atoms with Gasteiger partial charge in [-0.15, -0.1) is 12.3 Å². The first-order chi connectivity index (χ1) is 9.03. The van der Waals surface area contributed by atoms with E-state index in [1.807, 2.05) is 0 Å². The molecule has 1 amide bonds. The molecule has 0 spiro atoms. The Kier molecular flexibility index (Phi) is 4.82. The first-order valence-corrected chi connectivity index (χ1v) is 5.51. The molecular formula is C14H15NO3. The Labute approximate surface area is 108 Å². The van der Waals surface area contributed by atoms with E-state index in [2.05, 4.69) is 11.2 Å². The third-order valence-electron chi connectivity index (χ3n) is 2.10. The Morgan fingerprint density at radius 3 is 2.72 bits per heavy atom. The number of esters is 1. The molecule has 0 saturated carbocycles. The molecule has 4 nitrogen and oxygen atoms in total. The van der Waals surface area contributed by atoms with E-state index in [0.29, 0.717) is 5.56 Å². The molecule has 0 saturated heterocycles. The minimum atomic E-state index is -1.96. The molecular weight excluding hydrogens is 230 g/mol. The Morgan fingerprint density at radius 2 is 2.17 bits per heavy atom. The highest BCUT2D eigenvalue weighted by Gasteiger charge is 2.21. The van der Waals surface area contributed by atoms with Crippen molar-refractivity contribution >= 4 is 11.9 Å². The lowest BCUT2D eigenvalue weighted by Gasteiger charge is -2.14. The lowest BCUT2D eigenvalue weighted by molar-refractivity contribution is -0.145. The second-order valence-electron chi connectivity index (χ2n) is 3.40. The Hall–Kier alpha value is -2.28. The van der Waals surface area contributed by atoms with E-state index in [0.717, 1.165) is 0 Å². The highest BCUT2D eigenvalue weighted by Crippen LogP contribution is 2.01. The SMILES string of the molecule is [2H][C@@](CC#C)(NC(=O)c1ccccc1)C(=O)OCC. The van der Waals surface area contributed by atoms with Crippen molar-refractivity contribution in [2.24, 2.45) is 0 Å².